The largest absolute Gasteiger partial charge is 0.508 e. The molecule has 0 saturated carbocycles. The van der Waals surface area contributed by atoms with Gasteiger partial charge < -0.3 is 10.2 Å². The summed E-state index contributed by atoms with van der Waals surface area (Å²) >= 11 is 0. The fourth-order valence-electron chi connectivity index (χ4n) is 1.61. The van der Waals surface area contributed by atoms with Crippen LogP contribution in [-0.2, 0) is 0 Å². The number of hydrogen-bond acceptors (Lipinski definition) is 4. The zero-order chi connectivity index (χ0) is 14.5. The zero-order valence-corrected chi connectivity index (χ0v) is 10.9. The molecule has 5 nitrogen and oxygen atoms in total. The second kappa shape index (κ2) is 5.88. The Morgan fingerprint density at radius 2 is 1.70 bits per heavy atom. The smallest absolute Gasteiger partial charge is 0.271 e. The van der Waals surface area contributed by atoms with Crippen LogP contribution in [-0.4, -0.2) is 21.8 Å². The van der Waals surface area contributed by atoms with Gasteiger partial charge in [0, 0.05) is 5.56 Å². The first-order chi connectivity index (χ1) is 9.56. The van der Waals surface area contributed by atoms with Crippen molar-refractivity contribution in [3.8, 4) is 11.5 Å². The minimum absolute atomic E-state index is 0.0249. The van der Waals surface area contributed by atoms with Crippen molar-refractivity contribution in [3.05, 3.63) is 59.7 Å². The van der Waals surface area contributed by atoms with Gasteiger partial charge in [0.2, 0.25) is 0 Å². The molecule has 1 amide bonds. The van der Waals surface area contributed by atoms with Crippen molar-refractivity contribution in [2.24, 2.45) is 5.10 Å². The van der Waals surface area contributed by atoms with E-state index in [1.807, 2.05) is 0 Å². The van der Waals surface area contributed by atoms with E-state index in [9.17, 15) is 15.0 Å². The maximum absolute atomic E-state index is 11.8. The van der Waals surface area contributed by atoms with Crippen LogP contribution in [0.2, 0.25) is 0 Å². The second-order valence-electron chi connectivity index (χ2n) is 4.24. The predicted molar refractivity (Wildman–Crippen MR) is 75.9 cm³/mol. The molecule has 0 aliphatic heterocycles. The summed E-state index contributed by atoms with van der Waals surface area (Å²) in [5.74, 6) is -0.207. The van der Waals surface area contributed by atoms with Gasteiger partial charge in [0.05, 0.1) is 5.71 Å². The lowest BCUT2D eigenvalue weighted by Gasteiger charge is -2.03. The van der Waals surface area contributed by atoms with E-state index in [1.165, 1.54) is 12.1 Å². The van der Waals surface area contributed by atoms with Crippen LogP contribution in [0.15, 0.2) is 53.6 Å². The highest BCUT2D eigenvalue weighted by Gasteiger charge is 2.05. The molecular formula is C15H14N2O3. The maximum atomic E-state index is 11.8. The SMILES string of the molecule is C/C(=N/NC(=O)c1cccc(O)c1)c1ccc(O)cc1. The van der Waals surface area contributed by atoms with Gasteiger partial charge in [0.15, 0.2) is 0 Å². The Kier molecular flexibility index (Phi) is 4.00. The van der Waals surface area contributed by atoms with E-state index >= 15 is 0 Å². The average molecular weight is 270 g/mol. The number of phenols is 2. The van der Waals surface area contributed by atoms with Crippen molar-refractivity contribution in [1.29, 1.82) is 0 Å². The molecule has 0 radical (unpaired) electrons. The van der Waals surface area contributed by atoms with Crippen LogP contribution in [0.4, 0.5) is 0 Å². The van der Waals surface area contributed by atoms with Crippen LogP contribution >= 0.6 is 0 Å². The summed E-state index contributed by atoms with van der Waals surface area (Å²) in [6, 6.07) is 12.5. The lowest BCUT2D eigenvalue weighted by atomic mass is 10.1. The lowest BCUT2D eigenvalue weighted by Crippen LogP contribution is -2.19. The van der Waals surface area contributed by atoms with Crippen LogP contribution in [0.3, 0.4) is 0 Å². The summed E-state index contributed by atoms with van der Waals surface area (Å²) in [6.45, 7) is 1.75. The molecule has 0 saturated heterocycles. The number of amides is 1. The summed E-state index contributed by atoms with van der Waals surface area (Å²) in [7, 11) is 0. The number of rotatable bonds is 3. The molecule has 0 unspecified atom stereocenters. The van der Waals surface area contributed by atoms with Crippen molar-refractivity contribution in [2.45, 2.75) is 6.92 Å². The Labute approximate surface area is 116 Å². The molecule has 5 heteroatoms. The minimum atomic E-state index is -0.404. The van der Waals surface area contributed by atoms with Gasteiger partial charge in [-0.1, -0.05) is 6.07 Å². The summed E-state index contributed by atoms with van der Waals surface area (Å²) in [6.07, 6.45) is 0. The Hall–Kier alpha value is -2.82. The van der Waals surface area contributed by atoms with Crippen LogP contribution in [0.25, 0.3) is 0 Å². The molecule has 0 aromatic heterocycles. The molecule has 0 atom stereocenters. The Balaban J connectivity index is 2.08. The normalized spacial score (nSPS) is 11.2. The molecule has 2 rings (SSSR count). The summed E-state index contributed by atoms with van der Waals surface area (Å²) in [4.78, 5) is 11.8. The van der Waals surface area contributed by atoms with E-state index in [4.69, 9.17) is 0 Å². The lowest BCUT2D eigenvalue weighted by molar-refractivity contribution is 0.0954. The number of hydrogen-bond donors (Lipinski definition) is 3. The summed E-state index contributed by atoms with van der Waals surface area (Å²) in [5.41, 5.74) is 4.14. The molecule has 2 aromatic rings. The number of aromatic hydroxyl groups is 2. The number of carbonyl (C=O) groups excluding carboxylic acids is 1. The Morgan fingerprint density at radius 3 is 2.35 bits per heavy atom. The minimum Gasteiger partial charge on any atom is -0.508 e. The van der Waals surface area contributed by atoms with E-state index in [2.05, 4.69) is 10.5 Å². The monoisotopic (exact) mass is 270 g/mol. The van der Waals surface area contributed by atoms with Gasteiger partial charge in [-0.25, -0.2) is 5.43 Å². The fraction of sp³-hybridized carbons (Fsp3) is 0.0667. The first kappa shape index (κ1) is 13.6. The number of nitrogens with one attached hydrogen (secondary N) is 1. The standard InChI is InChI=1S/C15H14N2O3/c1-10(11-5-7-13(18)8-6-11)16-17-15(20)12-3-2-4-14(19)9-12/h2-9,18-19H,1H3,(H,17,20)/b16-10-. The second-order valence-corrected chi connectivity index (χ2v) is 4.24. The number of benzene rings is 2. The number of nitrogens with zero attached hydrogens (tertiary/aromatic N) is 1. The highest BCUT2D eigenvalue weighted by Crippen LogP contribution is 2.11. The van der Waals surface area contributed by atoms with E-state index in [0.29, 0.717) is 11.3 Å². The van der Waals surface area contributed by atoms with Gasteiger partial charge in [-0.3, -0.25) is 4.79 Å². The molecule has 20 heavy (non-hydrogen) atoms. The molecule has 0 bridgehead atoms. The van der Waals surface area contributed by atoms with Gasteiger partial charge in [-0.05, 0) is 55.0 Å². The third-order valence-electron chi connectivity index (χ3n) is 2.72. The first-order valence-corrected chi connectivity index (χ1v) is 5.99. The molecule has 2 aromatic carbocycles. The fourth-order valence-corrected chi connectivity index (χ4v) is 1.61. The van der Waals surface area contributed by atoms with Crippen molar-refractivity contribution in [1.82, 2.24) is 5.43 Å². The van der Waals surface area contributed by atoms with E-state index in [-0.39, 0.29) is 11.5 Å². The van der Waals surface area contributed by atoms with Crippen LogP contribution in [0, 0.1) is 0 Å². The number of phenolic OH excluding ortho intramolecular Hbond substituents is 2. The van der Waals surface area contributed by atoms with Crippen LogP contribution < -0.4 is 5.43 Å². The predicted octanol–water partition coefficient (Wildman–Crippen LogP) is 2.25. The van der Waals surface area contributed by atoms with Crippen LogP contribution in [0.5, 0.6) is 11.5 Å². The quantitative estimate of drug-likeness (QED) is 0.591. The summed E-state index contributed by atoms with van der Waals surface area (Å²) in [5, 5.41) is 22.5. The zero-order valence-electron chi connectivity index (χ0n) is 10.9. The third-order valence-corrected chi connectivity index (χ3v) is 2.72. The molecule has 102 valence electrons. The van der Waals surface area contributed by atoms with Crippen molar-refractivity contribution >= 4 is 11.6 Å². The maximum Gasteiger partial charge on any atom is 0.271 e. The summed E-state index contributed by atoms with van der Waals surface area (Å²) < 4.78 is 0. The molecule has 3 N–H and O–H groups in total. The van der Waals surface area contributed by atoms with Gasteiger partial charge in [0.1, 0.15) is 11.5 Å². The molecule has 0 fully saturated rings. The number of carbonyl (C=O) groups is 1. The molecular weight excluding hydrogens is 256 g/mol. The van der Waals surface area contributed by atoms with Gasteiger partial charge in [-0.2, -0.15) is 5.10 Å². The van der Waals surface area contributed by atoms with Crippen molar-refractivity contribution in [2.75, 3.05) is 0 Å². The molecule has 0 aliphatic rings. The highest BCUT2D eigenvalue weighted by atomic mass is 16.3. The Bertz CT molecular complexity index is 648. The van der Waals surface area contributed by atoms with Crippen molar-refractivity contribution in [3.63, 3.8) is 0 Å². The van der Waals surface area contributed by atoms with Gasteiger partial charge >= 0.3 is 0 Å². The van der Waals surface area contributed by atoms with E-state index in [0.717, 1.165) is 5.56 Å². The first-order valence-electron chi connectivity index (χ1n) is 5.99. The third kappa shape index (κ3) is 3.35. The topological polar surface area (TPSA) is 81.9 Å². The highest BCUT2D eigenvalue weighted by molar-refractivity contribution is 6.01. The van der Waals surface area contributed by atoms with Gasteiger partial charge in [0.25, 0.3) is 5.91 Å². The molecule has 0 aliphatic carbocycles. The van der Waals surface area contributed by atoms with Gasteiger partial charge in [-0.15, -0.1) is 0 Å². The Morgan fingerprint density at radius 1 is 1.00 bits per heavy atom. The molecule has 0 heterocycles. The van der Waals surface area contributed by atoms with Crippen molar-refractivity contribution < 1.29 is 15.0 Å². The average Bonchev–Trinajstić information content (AvgIpc) is 2.45. The van der Waals surface area contributed by atoms with Crippen LogP contribution in [0.1, 0.15) is 22.8 Å². The molecule has 0 spiro atoms. The van der Waals surface area contributed by atoms with E-state index < -0.39 is 5.91 Å². The van der Waals surface area contributed by atoms with E-state index in [1.54, 1.807) is 43.3 Å². The number of hydrazone groups is 1.